The van der Waals surface area contributed by atoms with Crippen LogP contribution in [0.5, 0.6) is 0 Å². The van der Waals surface area contributed by atoms with Crippen molar-refractivity contribution in [3.63, 3.8) is 0 Å². The number of rotatable bonds is 13. The maximum absolute atomic E-state index is 11.4. The number of phosphoric acid groups is 2. The predicted octanol–water partition coefficient (Wildman–Crippen LogP) is 6.36. The monoisotopic (exact) mass is 450 g/mol. The van der Waals surface area contributed by atoms with Crippen LogP contribution in [0, 0.1) is 0 Å². The summed E-state index contributed by atoms with van der Waals surface area (Å²) in [6, 6.07) is 0. The van der Waals surface area contributed by atoms with Crippen molar-refractivity contribution in [1.29, 1.82) is 0 Å². The Hall–Kier alpha value is -0.780. The maximum atomic E-state index is 11.4. The van der Waals surface area contributed by atoms with Crippen LogP contribution in [-0.4, -0.2) is 21.3 Å². The first-order valence-electron chi connectivity index (χ1n) is 9.56. The van der Waals surface area contributed by atoms with Crippen LogP contribution < -0.4 is 0 Å². The van der Waals surface area contributed by atoms with E-state index in [0.717, 1.165) is 37.7 Å². The van der Waals surface area contributed by atoms with E-state index in [1.54, 1.807) is 6.08 Å². The lowest BCUT2D eigenvalue weighted by Gasteiger charge is -2.12. The van der Waals surface area contributed by atoms with E-state index in [4.69, 9.17) is 9.79 Å². The normalized spacial score (nSPS) is 15.1. The van der Waals surface area contributed by atoms with Crippen molar-refractivity contribution in [2.45, 2.75) is 73.6 Å². The smallest absolute Gasteiger partial charge is 0.302 e. The second-order valence-electron chi connectivity index (χ2n) is 7.57. The summed E-state index contributed by atoms with van der Waals surface area (Å²) < 4.78 is 30.3. The molecule has 0 aliphatic rings. The highest BCUT2D eigenvalue weighted by Crippen LogP contribution is 2.57. The highest BCUT2D eigenvalue weighted by Gasteiger charge is 2.31. The second-order valence-corrected chi connectivity index (χ2v) is 10.4. The first-order chi connectivity index (χ1) is 13.2. The molecule has 0 saturated carbocycles. The third-order valence-corrected chi connectivity index (χ3v) is 6.35. The molecule has 1 unspecified atom stereocenters. The maximum Gasteiger partial charge on any atom is 0.481 e. The first kappa shape index (κ1) is 28.2. The summed E-state index contributed by atoms with van der Waals surface area (Å²) in [5, 5.41) is 0. The van der Waals surface area contributed by atoms with Crippen molar-refractivity contribution in [1.82, 2.24) is 0 Å². The van der Waals surface area contributed by atoms with Crippen LogP contribution in [0.15, 0.2) is 46.1 Å². The van der Waals surface area contributed by atoms with E-state index in [1.807, 2.05) is 6.92 Å². The quantitative estimate of drug-likeness (QED) is 0.221. The molecule has 168 valence electrons. The minimum atomic E-state index is -5.09. The zero-order valence-corrected chi connectivity index (χ0v) is 20.1. The third-order valence-electron chi connectivity index (χ3n) is 4.20. The lowest BCUT2D eigenvalue weighted by Crippen LogP contribution is -1.95. The molecular formula is C20H36O7P2. The van der Waals surface area contributed by atoms with Crippen LogP contribution in [-0.2, 0) is 18.0 Å². The van der Waals surface area contributed by atoms with Crippen molar-refractivity contribution < 1.29 is 32.6 Å². The van der Waals surface area contributed by atoms with E-state index < -0.39 is 15.6 Å². The zero-order chi connectivity index (χ0) is 22.7. The Balaban J connectivity index is 4.61. The van der Waals surface area contributed by atoms with Gasteiger partial charge in [-0.05, 0) is 73.6 Å². The molecule has 0 heterocycles. The van der Waals surface area contributed by atoms with Gasteiger partial charge < -0.3 is 14.7 Å². The van der Waals surface area contributed by atoms with Crippen LogP contribution in [0.2, 0.25) is 0 Å². The molecule has 7 nitrogen and oxygen atoms in total. The lowest BCUT2D eigenvalue weighted by molar-refractivity contribution is 0.191. The molecule has 1 atom stereocenters. The highest BCUT2D eigenvalue weighted by molar-refractivity contribution is 7.60. The van der Waals surface area contributed by atoms with Gasteiger partial charge in [-0.1, -0.05) is 46.1 Å². The van der Waals surface area contributed by atoms with Gasteiger partial charge >= 0.3 is 15.6 Å². The lowest BCUT2D eigenvalue weighted by atomic mass is 9.97. The van der Waals surface area contributed by atoms with E-state index in [-0.39, 0.29) is 6.61 Å². The Bertz CT molecular complexity index is 734. The summed E-state index contributed by atoms with van der Waals surface area (Å²) >= 11 is 0. The molecule has 29 heavy (non-hydrogen) atoms. The summed E-state index contributed by atoms with van der Waals surface area (Å²) in [4.78, 5) is 26.4. The van der Waals surface area contributed by atoms with Gasteiger partial charge in [0.05, 0.1) is 6.61 Å². The molecule has 0 aromatic heterocycles. The Morgan fingerprint density at radius 2 is 1.41 bits per heavy atom. The van der Waals surface area contributed by atoms with E-state index in [9.17, 15) is 14.0 Å². The van der Waals surface area contributed by atoms with Gasteiger partial charge in [-0.15, -0.1) is 0 Å². The van der Waals surface area contributed by atoms with Gasteiger partial charge in [0.15, 0.2) is 0 Å². The molecule has 9 heteroatoms. The van der Waals surface area contributed by atoms with Crippen molar-refractivity contribution in [2.75, 3.05) is 6.61 Å². The molecule has 0 aromatic rings. The molecule has 0 amide bonds. The molecule has 0 spiro atoms. The summed E-state index contributed by atoms with van der Waals surface area (Å²) in [7, 11) is -9.88. The standard InChI is InChI=1S/C20H36O7P2/c1-16(2)8-7-9-18(5)10-12-20(17(3)4)13-11-19(6)14-15-26-29(24,25)27-28(21,22)23/h8,10,14H,7,9,11-13,15H2,1-6H3,(H,24,25)(H2,21,22,23)/b18-10+,19-14+. The Labute approximate surface area is 175 Å². The zero-order valence-electron chi connectivity index (χ0n) is 18.3. The Morgan fingerprint density at radius 3 is 1.93 bits per heavy atom. The Morgan fingerprint density at radius 1 is 0.828 bits per heavy atom. The number of allylic oxidation sites excluding steroid dienone is 7. The fourth-order valence-electron chi connectivity index (χ4n) is 2.43. The Kier molecular flexibility index (Phi) is 13.1. The van der Waals surface area contributed by atoms with Gasteiger partial charge in [0.2, 0.25) is 0 Å². The summed E-state index contributed by atoms with van der Waals surface area (Å²) in [5.74, 6) is 0. The fourth-order valence-corrected chi connectivity index (χ4v) is 3.95. The SMILES string of the molecule is CC(C)=CCC/C(C)=C/CC(CC/C(C)=C/COP(=O)(O)OP(=O)(O)O)=C(C)C. The molecule has 0 aliphatic carbocycles. The van der Waals surface area contributed by atoms with Crippen LogP contribution in [0.3, 0.4) is 0 Å². The average molecular weight is 450 g/mol. The number of hydrogen-bond donors (Lipinski definition) is 3. The van der Waals surface area contributed by atoms with Crippen LogP contribution in [0.4, 0.5) is 0 Å². The summed E-state index contributed by atoms with van der Waals surface area (Å²) in [6.45, 7) is 12.1. The second kappa shape index (κ2) is 13.5. The van der Waals surface area contributed by atoms with Crippen molar-refractivity contribution in [3.8, 4) is 0 Å². The molecule has 0 aromatic carbocycles. The summed E-state index contributed by atoms with van der Waals surface area (Å²) in [5.41, 5.74) is 6.27. The van der Waals surface area contributed by atoms with Crippen molar-refractivity contribution >= 4 is 15.6 Å². The molecule has 0 fully saturated rings. The van der Waals surface area contributed by atoms with Gasteiger partial charge in [-0.2, -0.15) is 4.31 Å². The fraction of sp³-hybridized carbons (Fsp3) is 0.600. The van der Waals surface area contributed by atoms with E-state index in [0.29, 0.717) is 0 Å². The van der Waals surface area contributed by atoms with E-state index in [1.165, 1.54) is 22.3 Å². The predicted molar refractivity (Wildman–Crippen MR) is 117 cm³/mol. The van der Waals surface area contributed by atoms with E-state index >= 15 is 0 Å². The third kappa shape index (κ3) is 16.7. The molecule has 0 aliphatic heterocycles. The minimum Gasteiger partial charge on any atom is -0.302 e. The van der Waals surface area contributed by atoms with Gasteiger partial charge in [-0.25, -0.2) is 9.13 Å². The van der Waals surface area contributed by atoms with Crippen LogP contribution in [0.1, 0.15) is 73.6 Å². The molecule has 0 saturated heterocycles. The topological polar surface area (TPSA) is 113 Å². The van der Waals surface area contributed by atoms with Crippen molar-refractivity contribution in [3.05, 3.63) is 46.1 Å². The van der Waals surface area contributed by atoms with Crippen molar-refractivity contribution in [2.24, 2.45) is 0 Å². The van der Waals surface area contributed by atoms with Crippen LogP contribution >= 0.6 is 15.6 Å². The van der Waals surface area contributed by atoms with E-state index in [2.05, 4.69) is 55.6 Å². The number of hydrogen-bond acceptors (Lipinski definition) is 4. The number of phosphoric ester groups is 1. The molecule has 0 bridgehead atoms. The van der Waals surface area contributed by atoms with Gasteiger partial charge in [0.1, 0.15) is 0 Å². The largest absolute Gasteiger partial charge is 0.481 e. The van der Waals surface area contributed by atoms with Gasteiger partial charge in [0.25, 0.3) is 0 Å². The van der Waals surface area contributed by atoms with Gasteiger partial charge in [-0.3, -0.25) is 4.52 Å². The average Bonchev–Trinajstić information content (AvgIpc) is 2.51. The highest BCUT2D eigenvalue weighted by atomic mass is 31.3. The molecule has 3 N–H and O–H groups in total. The minimum absolute atomic E-state index is 0.271. The molecular weight excluding hydrogens is 414 g/mol. The van der Waals surface area contributed by atoms with Crippen LogP contribution in [0.25, 0.3) is 0 Å². The summed E-state index contributed by atoms with van der Waals surface area (Å²) in [6.07, 6.45) is 10.7. The first-order valence-corrected chi connectivity index (χ1v) is 12.6. The van der Waals surface area contributed by atoms with Gasteiger partial charge in [0, 0.05) is 0 Å². The molecule has 0 radical (unpaired) electrons. The molecule has 0 rings (SSSR count).